The summed E-state index contributed by atoms with van der Waals surface area (Å²) in [6, 6.07) is 2.47. The number of nitrogens with zero attached hydrogens (tertiary/aromatic N) is 1. The predicted molar refractivity (Wildman–Crippen MR) is 72.4 cm³/mol. The number of hydrogen-bond acceptors (Lipinski definition) is 2. The van der Waals surface area contributed by atoms with Crippen LogP contribution in [0.15, 0.2) is 6.07 Å². The van der Waals surface area contributed by atoms with Gasteiger partial charge in [0.15, 0.2) is 0 Å². The average molecular weight is 249 g/mol. The van der Waals surface area contributed by atoms with E-state index in [1.807, 2.05) is 6.92 Å². The summed E-state index contributed by atoms with van der Waals surface area (Å²) >= 11 is 0. The Morgan fingerprint density at radius 1 is 1.50 bits per heavy atom. The van der Waals surface area contributed by atoms with E-state index >= 15 is 0 Å². The van der Waals surface area contributed by atoms with Crippen LogP contribution in [0.1, 0.15) is 36.7 Å². The first-order chi connectivity index (χ1) is 8.49. The first-order valence-corrected chi connectivity index (χ1v) is 6.64. The van der Waals surface area contributed by atoms with Crippen molar-refractivity contribution < 1.29 is 4.79 Å². The van der Waals surface area contributed by atoms with Crippen LogP contribution in [-0.2, 0) is 18.4 Å². The zero-order chi connectivity index (χ0) is 13.3. The van der Waals surface area contributed by atoms with Gasteiger partial charge >= 0.3 is 0 Å². The molecule has 0 radical (unpaired) electrons. The van der Waals surface area contributed by atoms with Gasteiger partial charge in [-0.05, 0) is 45.2 Å². The van der Waals surface area contributed by atoms with Gasteiger partial charge in [-0.1, -0.05) is 0 Å². The van der Waals surface area contributed by atoms with E-state index in [2.05, 4.69) is 42.2 Å². The Morgan fingerprint density at radius 3 is 2.67 bits per heavy atom. The van der Waals surface area contributed by atoms with Crippen molar-refractivity contribution in [3.63, 3.8) is 0 Å². The lowest BCUT2D eigenvalue weighted by Gasteiger charge is -2.13. The maximum absolute atomic E-state index is 11.8. The summed E-state index contributed by atoms with van der Waals surface area (Å²) in [6.45, 7) is 6.87. The van der Waals surface area contributed by atoms with E-state index in [1.165, 1.54) is 17.0 Å². The fourth-order valence-corrected chi connectivity index (χ4v) is 2.02. The van der Waals surface area contributed by atoms with E-state index in [9.17, 15) is 4.79 Å². The summed E-state index contributed by atoms with van der Waals surface area (Å²) in [6.07, 6.45) is 2.27. The largest absolute Gasteiger partial charge is 0.352 e. The molecular weight excluding hydrogens is 226 g/mol. The summed E-state index contributed by atoms with van der Waals surface area (Å²) in [5, 5.41) is 6.30. The second kappa shape index (κ2) is 5.14. The summed E-state index contributed by atoms with van der Waals surface area (Å²) in [5.74, 6) is 0.114. The Kier molecular flexibility index (Phi) is 3.76. The van der Waals surface area contributed by atoms with Crippen molar-refractivity contribution >= 4 is 5.91 Å². The molecule has 2 rings (SSSR count). The normalized spacial score (nSPS) is 16.7. The molecule has 0 spiro atoms. The van der Waals surface area contributed by atoms with Crippen molar-refractivity contribution in [1.82, 2.24) is 15.2 Å². The van der Waals surface area contributed by atoms with Gasteiger partial charge < -0.3 is 15.2 Å². The van der Waals surface area contributed by atoms with Crippen molar-refractivity contribution in [2.24, 2.45) is 7.05 Å². The molecule has 0 aromatic carbocycles. The smallest absolute Gasteiger partial charge is 0.237 e. The molecule has 1 fully saturated rings. The third-order valence-corrected chi connectivity index (χ3v) is 3.80. The lowest BCUT2D eigenvalue weighted by Crippen LogP contribution is -2.42. The molecule has 100 valence electrons. The number of amides is 1. The lowest BCUT2D eigenvalue weighted by atomic mass is 10.2. The molecule has 0 bridgehead atoms. The van der Waals surface area contributed by atoms with Crippen molar-refractivity contribution in [2.75, 3.05) is 0 Å². The highest BCUT2D eigenvalue weighted by atomic mass is 16.2. The van der Waals surface area contributed by atoms with Crippen LogP contribution >= 0.6 is 0 Å². The third-order valence-electron chi connectivity index (χ3n) is 3.80. The molecule has 1 atom stereocenters. The van der Waals surface area contributed by atoms with Crippen LogP contribution in [0.5, 0.6) is 0 Å². The molecule has 1 heterocycles. The SMILES string of the molecule is Cc1cc(CNC(C)C(=O)NC2CC2)c(C)n1C. The van der Waals surface area contributed by atoms with Crippen molar-refractivity contribution in [2.45, 2.75) is 52.2 Å². The number of carbonyl (C=O) groups is 1. The standard InChI is InChI=1S/C14H23N3O/c1-9-7-12(11(3)17(9)4)8-15-10(2)14(18)16-13-5-6-13/h7,10,13,15H,5-6,8H2,1-4H3,(H,16,18). The molecule has 0 aliphatic heterocycles. The van der Waals surface area contributed by atoms with Gasteiger partial charge in [0.1, 0.15) is 0 Å². The predicted octanol–water partition coefficient (Wildman–Crippen LogP) is 1.40. The van der Waals surface area contributed by atoms with Gasteiger partial charge in [0.05, 0.1) is 6.04 Å². The van der Waals surface area contributed by atoms with E-state index in [1.54, 1.807) is 0 Å². The Labute approximate surface area is 109 Å². The van der Waals surface area contributed by atoms with Crippen molar-refractivity contribution in [1.29, 1.82) is 0 Å². The highest BCUT2D eigenvalue weighted by molar-refractivity contribution is 5.81. The minimum absolute atomic E-state index is 0.114. The van der Waals surface area contributed by atoms with Gasteiger partial charge in [0.2, 0.25) is 5.91 Å². The zero-order valence-corrected chi connectivity index (χ0v) is 11.7. The molecule has 1 saturated carbocycles. The Morgan fingerprint density at radius 2 is 2.17 bits per heavy atom. The molecule has 4 nitrogen and oxygen atoms in total. The van der Waals surface area contributed by atoms with Crippen molar-refractivity contribution in [3.05, 3.63) is 23.0 Å². The van der Waals surface area contributed by atoms with Gasteiger partial charge in [-0.15, -0.1) is 0 Å². The maximum atomic E-state index is 11.8. The number of rotatable bonds is 5. The lowest BCUT2D eigenvalue weighted by molar-refractivity contribution is -0.122. The minimum atomic E-state index is -0.134. The number of carbonyl (C=O) groups excluding carboxylic acids is 1. The molecule has 1 aliphatic carbocycles. The Balaban J connectivity index is 1.86. The average Bonchev–Trinajstić information content (AvgIpc) is 3.11. The molecule has 1 aromatic heterocycles. The summed E-state index contributed by atoms with van der Waals surface area (Å²) < 4.78 is 2.17. The summed E-state index contributed by atoms with van der Waals surface area (Å²) in [7, 11) is 2.07. The van der Waals surface area contributed by atoms with E-state index in [4.69, 9.17) is 0 Å². The maximum Gasteiger partial charge on any atom is 0.237 e. The summed E-state index contributed by atoms with van der Waals surface area (Å²) in [4.78, 5) is 11.8. The summed E-state index contributed by atoms with van der Waals surface area (Å²) in [5.41, 5.74) is 3.77. The van der Waals surface area contributed by atoms with Crippen LogP contribution in [0.3, 0.4) is 0 Å². The number of nitrogens with one attached hydrogen (secondary N) is 2. The van der Waals surface area contributed by atoms with E-state index < -0.39 is 0 Å². The molecule has 1 aliphatic rings. The molecule has 1 aromatic rings. The first-order valence-electron chi connectivity index (χ1n) is 6.64. The number of hydrogen-bond donors (Lipinski definition) is 2. The van der Waals surface area contributed by atoms with Gasteiger partial charge in [0.25, 0.3) is 0 Å². The third kappa shape index (κ3) is 2.93. The van der Waals surface area contributed by atoms with Crippen LogP contribution in [0.25, 0.3) is 0 Å². The molecule has 2 N–H and O–H groups in total. The second-order valence-electron chi connectivity index (χ2n) is 5.34. The quantitative estimate of drug-likeness (QED) is 0.828. The van der Waals surface area contributed by atoms with Crippen LogP contribution in [0, 0.1) is 13.8 Å². The molecule has 1 amide bonds. The Hall–Kier alpha value is -1.29. The van der Waals surface area contributed by atoms with E-state index in [-0.39, 0.29) is 11.9 Å². The molecular formula is C14H23N3O. The van der Waals surface area contributed by atoms with Crippen LogP contribution in [0.2, 0.25) is 0 Å². The fourth-order valence-electron chi connectivity index (χ4n) is 2.02. The van der Waals surface area contributed by atoms with Gasteiger partial charge in [-0.3, -0.25) is 4.79 Å². The van der Waals surface area contributed by atoms with Crippen LogP contribution in [0.4, 0.5) is 0 Å². The van der Waals surface area contributed by atoms with Crippen molar-refractivity contribution in [3.8, 4) is 0 Å². The minimum Gasteiger partial charge on any atom is -0.352 e. The highest BCUT2D eigenvalue weighted by Crippen LogP contribution is 2.18. The highest BCUT2D eigenvalue weighted by Gasteiger charge is 2.25. The van der Waals surface area contributed by atoms with Crippen LogP contribution in [-0.4, -0.2) is 22.6 Å². The molecule has 0 saturated heterocycles. The number of aryl methyl sites for hydroxylation is 1. The molecule has 1 unspecified atom stereocenters. The van der Waals surface area contributed by atoms with E-state index in [0.29, 0.717) is 6.04 Å². The molecule has 18 heavy (non-hydrogen) atoms. The van der Waals surface area contributed by atoms with Gasteiger partial charge in [0, 0.05) is 31.0 Å². The van der Waals surface area contributed by atoms with Gasteiger partial charge in [-0.2, -0.15) is 0 Å². The van der Waals surface area contributed by atoms with E-state index in [0.717, 1.165) is 19.4 Å². The van der Waals surface area contributed by atoms with Gasteiger partial charge in [-0.25, -0.2) is 0 Å². The zero-order valence-electron chi connectivity index (χ0n) is 11.7. The molecule has 4 heteroatoms. The first kappa shape index (κ1) is 13.1. The topological polar surface area (TPSA) is 46.1 Å². The number of aromatic nitrogens is 1. The monoisotopic (exact) mass is 249 g/mol. The second-order valence-corrected chi connectivity index (χ2v) is 5.34. The fraction of sp³-hybridized carbons (Fsp3) is 0.643. The van der Waals surface area contributed by atoms with Crippen LogP contribution < -0.4 is 10.6 Å². The Bertz CT molecular complexity index is 446.